The minimum absolute atomic E-state index is 1.10. The molecule has 128 valence electrons. The highest BCUT2D eigenvalue weighted by Gasteiger charge is 2.20. The predicted octanol–water partition coefficient (Wildman–Crippen LogP) is 4.79. The summed E-state index contributed by atoms with van der Waals surface area (Å²) in [6.45, 7) is 9.86. The number of rotatable bonds is 4. The van der Waals surface area contributed by atoms with Crippen molar-refractivity contribution in [1.82, 2.24) is 4.57 Å². The van der Waals surface area contributed by atoms with Gasteiger partial charge in [0.15, 0.2) is 0 Å². The lowest BCUT2D eigenvalue weighted by atomic mass is 10.1. The van der Waals surface area contributed by atoms with Gasteiger partial charge in [-0.3, -0.25) is 0 Å². The second kappa shape index (κ2) is 8.18. The van der Waals surface area contributed by atoms with Crippen molar-refractivity contribution >= 4 is 7.25 Å². The van der Waals surface area contributed by atoms with Gasteiger partial charge < -0.3 is 17.3 Å². The van der Waals surface area contributed by atoms with Crippen molar-refractivity contribution in [3.63, 3.8) is 0 Å². The highest BCUT2D eigenvalue weighted by Crippen LogP contribution is 2.20. The van der Waals surface area contributed by atoms with Gasteiger partial charge >= 0.3 is 7.25 Å². The van der Waals surface area contributed by atoms with E-state index in [0.29, 0.717) is 0 Å². The molecule has 0 aliphatic heterocycles. The highest BCUT2D eigenvalue weighted by molar-refractivity contribution is 6.50. The zero-order valence-corrected chi connectivity index (χ0v) is 14.0. The van der Waals surface area contributed by atoms with Gasteiger partial charge in [-0.15, -0.1) is 0 Å². The van der Waals surface area contributed by atoms with Gasteiger partial charge in [0.25, 0.3) is 0 Å². The molecule has 0 radical (unpaired) electrons. The van der Waals surface area contributed by atoms with Gasteiger partial charge in [0.1, 0.15) is 18.1 Å². The Balaban J connectivity index is 0.000000463. The minimum Gasteiger partial charge on any atom is -0.418 e. The lowest BCUT2D eigenvalue weighted by Gasteiger charge is -2.07. The molecule has 1 aromatic heterocycles. The standard InChI is InChI=1S/C16H23N2.BF4/c1-5-6-7-17-8-9-18(12-17)16-14(3)10-13(2)11-15(16)4;2-1(3,4)5/h8-12H,5-7H2,1-4H3;/q+1;-1. The lowest BCUT2D eigenvalue weighted by molar-refractivity contribution is -0.696. The maximum absolute atomic E-state index is 9.75. The van der Waals surface area contributed by atoms with E-state index < -0.39 is 7.25 Å². The molecule has 0 bridgehead atoms. The third kappa shape index (κ3) is 6.88. The van der Waals surface area contributed by atoms with Crippen LogP contribution in [0.25, 0.3) is 5.69 Å². The van der Waals surface area contributed by atoms with Gasteiger partial charge in [-0.05, 0) is 38.3 Å². The lowest BCUT2D eigenvalue weighted by Crippen LogP contribution is -2.30. The zero-order chi connectivity index (χ0) is 17.6. The van der Waals surface area contributed by atoms with E-state index in [9.17, 15) is 17.3 Å². The normalized spacial score (nSPS) is 11.1. The maximum atomic E-state index is 9.75. The van der Waals surface area contributed by atoms with Crippen LogP contribution in [0.4, 0.5) is 17.3 Å². The minimum atomic E-state index is -6.00. The Hall–Kier alpha value is -1.79. The van der Waals surface area contributed by atoms with E-state index >= 15 is 0 Å². The number of hydrogen-bond acceptors (Lipinski definition) is 0. The maximum Gasteiger partial charge on any atom is 0.673 e. The van der Waals surface area contributed by atoms with Crippen LogP contribution >= 0.6 is 0 Å². The van der Waals surface area contributed by atoms with Crippen LogP contribution in [0.3, 0.4) is 0 Å². The van der Waals surface area contributed by atoms with Crippen molar-refractivity contribution in [2.24, 2.45) is 0 Å². The summed E-state index contributed by atoms with van der Waals surface area (Å²) in [5, 5.41) is 0. The topological polar surface area (TPSA) is 8.81 Å². The van der Waals surface area contributed by atoms with Crippen molar-refractivity contribution in [2.45, 2.75) is 47.1 Å². The molecule has 0 saturated carbocycles. The van der Waals surface area contributed by atoms with Gasteiger partial charge in [-0.25, -0.2) is 9.13 Å². The fourth-order valence-electron chi connectivity index (χ4n) is 2.58. The van der Waals surface area contributed by atoms with Crippen LogP contribution in [0.15, 0.2) is 30.9 Å². The molecule has 0 saturated heterocycles. The number of nitrogens with zero attached hydrogens (tertiary/aromatic N) is 2. The average molecular weight is 330 g/mol. The Bertz CT molecular complexity index is 606. The van der Waals surface area contributed by atoms with Crippen LogP contribution in [0.2, 0.25) is 0 Å². The van der Waals surface area contributed by atoms with Crippen LogP contribution in [0.1, 0.15) is 36.5 Å². The fraction of sp³-hybridized carbons (Fsp3) is 0.438. The number of imidazole rings is 1. The van der Waals surface area contributed by atoms with E-state index in [2.05, 4.69) is 67.7 Å². The van der Waals surface area contributed by atoms with E-state index in [1.54, 1.807) is 0 Å². The van der Waals surface area contributed by atoms with Crippen molar-refractivity contribution < 1.29 is 21.8 Å². The molecule has 0 spiro atoms. The summed E-state index contributed by atoms with van der Waals surface area (Å²) in [6, 6.07) is 4.50. The number of benzene rings is 1. The molecule has 0 unspecified atom stereocenters. The molecule has 2 nitrogen and oxygen atoms in total. The number of aryl methyl sites for hydroxylation is 4. The quantitative estimate of drug-likeness (QED) is 0.433. The first kappa shape index (κ1) is 19.3. The summed E-state index contributed by atoms with van der Waals surface area (Å²) in [5.41, 5.74) is 5.33. The molecule has 1 aromatic carbocycles. The molecule has 0 fully saturated rings. The number of hydrogen-bond donors (Lipinski definition) is 0. The number of unbranched alkanes of at least 4 members (excludes halogenated alkanes) is 1. The third-order valence-corrected chi connectivity index (χ3v) is 3.35. The summed E-state index contributed by atoms with van der Waals surface area (Å²) < 4.78 is 43.5. The molecule has 0 amide bonds. The van der Waals surface area contributed by atoms with Crippen LogP contribution < -0.4 is 4.57 Å². The summed E-state index contributed by atoms with van der Waals surface area (Å²) >= 11 is 0. The van der Waals surface area contributed by atoms with Crippen molar-refractivity contribution in [2.75, 3.05) is 0 Å². The largest absolute Gasteiger partial charge is 0.673 e. The van der Waals surface area contributed by atoms with Gasteiger partial charge in [-0.2, -0.15) is 0 Å². The van der Waals surface area contributed by atoms with E-state index in [4.69, 9.17) is 0 Å². The Morgan fingerprint density at radius 2 is 1.57 bits per heavy atom. The highest BCUT2D eigenvalue weighted by atomic mass is 19.5. The molecule has 0 aliphatic rings. The predicted molar refractivity (Wildman–Crippen MR) is 85.3 cm³/mol. The molecular weight excluding hydrogens is 307 g/mol. The molecule has 0 N–H and O–H groups in total. The van der Waals surface area contributed by atoms with Crippen LogP contribution in [0, 0.1) is 20.8 Å². The molecule has 23 heavy (non-hydrogen) atoms. The van der Waals surface area contributed by atoms with Gasteiger partial charge in [0.2, 0.25) is 6.33 Å². The van der Waals surface area contributed by atoms with E-state index in [1.807, 2.05) is 0 Å². The Kier molecular flexibility index (Phi) is 6.85. The van der Waals surface area contributed by atoms with Gasteiger partial charge in [0, 0.05) is 0 Å². The van der Waals surface area contributed by atoms with Crippen molar-refractivity contribution in [1.29, 1.82) is 0 Å². The second-order valence-corrected chi connectivity index (χ2v) is 5.65. The first-order valence-corrected chi connectivity index (χ1v) is 7.64. The Morgan fingerprint density at radius 3 is 2.04 bits per heavy atom. The first-order valence-electron chi connectivity index (χ1n) is 7.64. The molecule has 1 heterocycles. The van der Waals surface area contributed by atoms with E-state index in [0.717, 1.165) is 6.54 Å². The molecule has 7 heteroatoms. The molecule has 0 aliphatic carbocycles. The Morgan fingerprint density at radius 1 is 1.04 bits per heavy atom. The molecule has 2 aromatic rings. The summed E-state index contributed by atoms with van der Waals surface area (Å²) in [6.07, 6.45) is 8.98. The fourth-order valence-corrected chi connectivity index (χ4v) is 2.58. The summed E-state index contributed by atoms with van der Waals surface area (Å²) in [4.78, 5) is 0. The van der Waals surface area contributed by atoms with Crippen LogP contribution in [-0.4, -0.2) is 11.8 Å². The zero-order valence-electron chi connectivity index (χ0n) is 14.0. The van der Waals surface area contributed by atoms with Crippen molar-refractivity contribution in [3.8, 4) is 5.69 Å². The average Bonchev–Trinajstić information content (AvgIpc) is 2.81. The Labute approximate surface area is 134 Å². The number of halogens is 4. The monoisotopic (exact) mass is 330 g/mol. The van der Waals surface area contributed by atoms with Gasteiger partial charge in [0.05, 0.1) is 6.54 Å². The molecule has 2 rings (SSSR count). The van der Waals surface area contributed by atoms with Crippen molar-refractivity contribution in [3.05, 3.63) is 47.5 Å². The SMILES string of the molecule is CCCC[n+]1ccn(-c2c(C)cc(C)cc2C)c1.F[B-](F)(F)F. The van der Waals surface area contributed by atoms with E-state index in [-0.39, 0.29) is 0 Å². The summed E-state index contributed by atoms with van der Waals surface area (Å²) in [5.74, 6) is 0. The smallest absolute Gasteiger partial charge is 0.418 e. The van der Waals surface area contributed by atoms with E-state index in [1.165, 1.54) is 35.2 Å². The van der Waals surface area contributed by atoms with Gasteiger partial charge in [-0.1, -0.05) is 31.0 Å². The molecular formula is C16H23BF4N2. The van der Waals surface area contributed by atoms with Crippen LogP contribution in [0.5, 0.6) is 0 Å². The molecule has 0 atom stereocenters. The number of aromatic nitrogens is 2. The second-order valence-electron chi connectivity index (χ2n) is 5.65. The third-order valence-electron chi connectivity index (χ3n) is 3.35. The van der Waals surface area contributed by atoms with Crippen LogP contribution in [-0.2, 0) is 6.54 Å². The summed E-state index contributed by atoms with van der Waals surface area (Å²) in [7, 11) is -6.00. The first-order chi connectivity index (χ1) is 10.6.